The molecule has 0 saturated carbocycles. The van der Waals surface area contributed by atoms with Crippen LogP contribution in [0.25, 0.3) is 0 Å². The van der Waals surface area contributed by atoms with Crippen molar-refractivity contribution in [1.82, 2.24) is 31.2 Å². The second kappa shape index (κ2) is 13.1. The standard InChI is InChI=1S/C22H32N6O2/c1-3-18(14-26-22(30)28-16-20-6-10-24-11-7-20)12-17(2)13-25-21(29)27-15-19-4-8-23-9-5-19/h4-11,17-18H,3,12-16H2,1-2H3,(H2,25,27,29)(H2,26,28,30). The van der Waals surface area contributed by atoms with Crippen LogP contribution in [0.5, 0.6) is 0 Å². The molecule has 2 aromatic heterocycles. The van der Waals surface area contributed by atoms with E-state index in [-0.39, 0.29) is 12.1 Å². The van der Waals surface area contributed by atoms with Gasteiger partial charge in [-0.1, -0.05) is 20.3 Å². The van der Waals surface area contributed by atoms with E-state index in [4.69, 9.17) is 0 Å². The molecule has 0 aromatic carbocycles. The fraction of sp³-hybridized carbons (Fsp3) is 0.455. The highest BCUT2D eigenvalue weighted by Gasteiger charge is 2.14. The lowest BCUT2D eigenvalue weighted by Crippen LogP contribution is -2.39. The van der Waals surface area contributed by atoms with Crippen molar-refractivity contribution in [2.24, 2.45) is 11.8 Å². The molecule has 4 amide bonds. The second-order valence-electron chi connectivity index (χ2n) is 7.45. The summed E-state index contributed by atoms with van der Waals surface area (Å²) in [6.45, 7) is 6.36. The quantitative estimate of drug-likeness (QED) is 0.455. The van der Waals surface area contributed by atoms with E-state index < -0.39 is 0 Å². The van der Waals surface area contributed by atoms with Gasteiger partial charge in [-0.15, -0.1) is 0 Å². The number of carbonyl (C=O) groups excluding carboxylic acids is 2. The minimum Gasteiger partial charge on any atom is -0.338 e. The van der Waals surface area contributed by atoms with E-state index in [2.05, 4.69) is 45.1 Å². The SMILES string of the molecule is CCC(CNC(=O)NCc1ccncc1)CC(C)CNC(=O)NCc1ccncc1. The van der Waals surface area contributed by atoms with Crippen molar-refractivity contribution < 1.29 is 9.59 Å². The van der Waals surface area contributed by atoms with Crippen LogP contribution in [0.4, 0.5) is 9.59 Å². The van der Waals surface area contributed by atoms with Gasteiger partial charge in [0.1, 0.15) is 0 Å². The Morgan fingerprint density at radius 2 is 1.27 bits per heavy atom. The molecule has 30 heavy (non-hydrogen) atoms. The van der Waals surface area contributed by atoms with Crippen LogP contribution in [0.3, 0.4) is 0 Å². The fourth-order valence-electron chi connectivity index (χ4n) is 3.04. The maximum atomic E-state index is 12.0. The Hall–Kier alpha value is -3.16. The second-order valence-corrected chi connectivity index (χ2v) is 7.45. The van der Waals surface area contributed by atoms with Crippen LogP contribution in [0.1, 0.15) is 37.8 Å². The van der Waals surface area contributed by atoms with Crippen LogP contribution in [-0.4, -0.2) is 35.1 Å². The summed E-state index contributed by atoms with van der Waals surface area (Å²) in [7, 11) is 0. The van der Waals surface area contributed by atoms with Crippen molar-refractivity contribution in [1.29, 1.82) is 0 Å². The minimum atomic E-state index is -0.180. The monoisotopic (exact) mass is 412 g/mol. The number of nitrogens with one attached hydrogen (secondary N) is 4. The molecular formula is C22H32N6O2. The highest BCUT2D eigenvalue weighted by Crippen LogP contribution is 2.14. The van der Waals surface area contributed by atoms with Crippen molar-refractivity contribution in [3.63, 3.8) is 0 Å². The summed E-state index contributed by atoms with van der Waals surface area (Å²) in [5.41, 5.74) is 2.02. The Morgan fingerprint density at radius 3 is 1.73 bits per heavy atom. The van der Waals surface area contributed by atoms with E-state index in [0.717, 1.165) is 24.0 Å². The van der Waals surface area contributed by atoms with E-state index in [1.54, 1.807) is 24.8 Å². The predicted octanol–water partition coefficient (Wildman–Crippen LogP) is 2.83. The van der Waals surface area contributed by atoms with Crippen LogP contribution in [-0.2, 0) is 13.1 Å². The van der Waals surface area contributed by atoms with Crippen molar-refractivity contribution >= 4 is 12.1 Å². The first-order valence-corrected chi connectivity index (χ1v) is 10.4. The first-order chi connectivity index (χ1) is 14.6. The number of amides is 4. The summed E-state index contributed by atoms with van der Waals surface area (Å²) < 4.78 is 0. The van der Waals surface area contributed by atoms with Gasteiger partial charge >= 0.3 is 12.1 Å². The Morgan fingerprint density at radius 1 is 0.800 bits per heavy atom. The normalized spacial score (nSPS) is 12.5. The number of rotatable bonds is 11. The number of hydrogen-bond acceptors (Lipinski definition) is 4. The van der Waals surface area contributed by atoms with Crippen LogP contribution in [0.15, 0.2) is 49.1 Å². The van der Waals surface area contributed by atoms with Gasteiger partial charge in [0.2, 0.25) is 0 Å². The molecule has 0 aliphatic heterocycles. The molecule has 0 spiro atoms. The molecule has 4 N–H and O–H groups in total. The van der Waals surface area contributed by atoms with E-state index in [9.17, 15) is 9.59 Å². The molecule has 0 fully saturated rings. The summed E-state index contributed by atoms with van der Waals surface area (Å²) in [6.07, 6.45) is 8.70. The average molecular weight is 413 g/mol. The lowest BCUT2D eigenvalue weighted by molar-refractivity contribution is 0.235. The van der Waals surface area contributed by atoms with Gasteiger partial charge in [-0.25, -0.2) is 9.59 Å². The van der Waals surface area contributed by atoms with Crippen LogP contribution < -0.4 is 21.3 Å². The average Bonchev–Trinajstić information content (AvgIpc) is 2.79. The Kier molecular flexibility index (Phi) is 10.1. The van der Waals surface area contributed by atoms with Crippen molar-refractivity contribution in [2.45, 2.75) is 39.8 Å². The molecule has 0 aliphatic carbocycles. The summed E-state index contributed by atoms with van der Waals surface area (Å²) >= 11 is 0. The zero-order valence-corrected chi connectivity index (χ0v) is 17.7. The molecule has 2 heterocycles. The molecule has 8 nitrogen and oxygen atoms in total. The number of nitrogens with zero attached hydrogens (tertiary/aromatic N) is 2. The largest absolute Gasteiger partial charge is 0.338 e. The molecular weight excluding hydrogens is 380 g/mol. The third-order valence-corrected chi connectivity index (χ3v) is 4.88. The van der Waals surface area contributed by atoms with E-state index in [0.29, 0.717) is 38.0 Å². The molecule has 2 unspecified atom stereocenters. The van der Waals surface area contributed by atoms with Gasteiger partial charge in [-0.2, -0.15) is 0 Å². The highest BCUT2D eigenvalue weighted by atomic mass is 16.2. The third kappa shape index (κ3) is 9.36. The maximum Gasteiger partial charge on any atom is 0.315 e. The Labute approximate surface area is 178 Å². The Bertz CT molecular complexity index is 757. The first-order valence-electron chi connectivity index (χ1n) is 10.4. The van der Waals surface area contributed by atoms with Gasteiger partial charge in [0, 0.05) is 51.0 Å². The topological polar surface area (TPSA) is 108 Å². The van der Waals surface area contributed by atoms with Gasteiger partial charge in [0.05, 0.1) is 0 Å². The number of pyridine rings is 2. The van der Waals surface area contributed by atoms with Gasteiger partial charge in [0.15, 0.2) is 0 Å². The van der Waals surface area contributed by atoms with Gasteiger partial charge < -0.3 is 21.3 Å². The van der Waals surface area contributed by atoms with Crippen molar-refractivity contribution in [3.8, 4) is 0 Å². The lowest BCUT2D eigenvalue weighted by Gasteiger charge is -2.21. The summed E-state index contributed by atoms with van der Waals surface area (Å²) in [5, 5.41) is 11.6. The molecule has 0 radical (unpaired) electrons. The van der Waals surface area contributed by atoms with Gasteiger partial charge in [-0.3, -0.25) is 9.97 Å². The predicted molar refractivity (Wildman–Crippen MR) is 117 cm³/mol. The molecule has 162 valence electrons. The maximum absolute atomic E-state index is 12.0. The van der Waals surface area contributed by atoms with E-state index in [1.165, 1.54) is 0 Å². The zero-order valence-electron chi connectivity index (χ0n) is 17.7. The molecule has 2 aromatic rings. The van der Waals surface area contributed by atoms with Gasteiger partial charge in [-0.05, 0) is 53.6 Å². The third-order valence-electron chi connectivity index (χ3n) is 4.88. The van der Waals surface area contributed by atoms with Crippen molar-refractivity contribution in [3.05, 3.63) is 60.2 Å². The first kappa shape index (κ1) is 23.1. The smallest absolute Gasteiger partial charge is 0.315 e. The molecule has 0 aliphatic rings. The zero-order chi connectivity index (χ0) is 21.6. The number of hydrogen-bond donors (Lipinski definition) is 4. The fourth-order valence-corrected chi connectivity index (χ4v) is 3.04. The van der Waals surface area contributed by atoms with Crippen LogP contribution in [0, 0.1) is 11.8 Å². The van der Waals surface area contributed by atoms with Crippen LogP contribution in [0.2, 0.25) is 0 Å². The Balaban J connectivity index is 1.60. The highest BCUT2D eigenvalue weighted by molar-refractivity contribution is 5.74. The van der Waals surface area contributed by atoms with E-state index >= 15 is 0 Å². The number of carbonyl (C=O) groups is 2. The number of aromatic nitrogens is 2. The lowest BCUT2D eigenvalue weighted by atomic mass is 9.93. The summed E-state index contributed by atoms with van der Waals surface area (Å²) in [5.74, 6) is 0.664. The summed E-state index contributed by atoms with van der Waals surface area (Å²) in [6, 6.07) is 7.13. The van der Waals surface area contributed by atoms with E-state index in [1.807, 2.05) is 24.3 Å². The molecule has 8 heteroatoms. The summed E-state index contributed by atoms with van der Waals surface area (Å²) in [4.78, 5) is 31.9. The molecule has 0 bridgehead atoms. The van der Waals surface area contributed by atoms with Crippen LogP contribution >= 0.6 is 0 Å². The number of urea groups is 2. The molecule has 2 rings (SSSR count). The molecule has 2 atom stereocenters. The molecule has 0 saturated heterocycles. The van der Waals surface area contributed by atoms with Crippen molar-refractivity contribution in [2.75, 3.05) is 13.1 Å². The minimum absolute atomic E-state index is 0.175. The van der Waals surface area contributed by atoms with Gasteiger partial charge in [0.25, 0.3) is 0 Å².